The van der Waals surface area contributed by atoms with Gasteiger partial charge < -0.3 is 4.57 Å². The van der Waals surface area contributed by atoms with Gasteiger partial charge in [0.25, 0.3) is 5.69 Å². The molecule has 0 radical (unpaired) electrons. The van der Waals surface area contributed by atoms with Crippen LogP contribution in [0.5, 0.6) is 0 Å². The first-order valence-corrected chi connectivity index (χ1v) is 5.78. The topological polar surface area (TPSA) is 61.0 Å². The third-order valence-corrected chi connectivity index (χ3v) is 3.22. The highest BCUT2D eigenvalue weighted by atomic mass is 35.5. The fraction of sp³-hybridized carbons (Fsp3) is 0.250. The minimum absolute atomic E-state index is 0.0661. The van der Waals surface area contributed by atoms with Crippen molar-refractivity contribution in [1.82, 2.24) is 9.55 Å². The molecule has 2 aromatic rings. The Morgan fingerprint density at radius 3 is 2.72 bits per heavy atom. The smallest absolute Gasteiger partial charge is 0.288 e. The maximum atomic E-state index is 10.8. The maximum absolute atomic E-state index is 10.8. The Morgan fingerprint density at radius 2 is 2.17 bits per heavy atom. The van der Waals surface area contributed by atoms with Crippen molar-refractivity contribution in [2.75, 3.05) is 0 Å². The molecule has 6 heteroatoms. The van der Waals surface area contributed by atoms with Crippen LogP contribution in [-0.4, -0.2) is 14.5 Å². The van der Waals surface area contributed by atoms with E-state index in [1.807, 2.05) is 18.4 Å². The molecule has 2 rings (SSSR count). The third kappa shape index (κ3) is 2.36. The molecule has 0 spiro atoms. The zero-order valence-corrected chi connectivity index (χ0v) is 10.8. The van der Waals surface area contributed by atoms with Crippen LogP contribution >= 0.6 is 11.6 Å². The predicted octanol–water partition coefficient (Wildman–Crippen LogP) is 3.11. The van der Waals surface area contributed by atoms with E-state index in [-0.39, 0.29) is 10.7 Å². The summed E-state index contributed by atoms with van der Waals surface area (Å²) in [6, 6.07) is 4.83. The summed E-state index contributed by atoms with van der Waals surface area (Å²) in [5.74, 6) is 0. The summed E-state index contributed by atoms with van der Waals surface area (Å²) < 4.78 is 1.95. The predicted molar refractivity (Wildman–Crippen MR) is 68.9 cm³/mol. The lowest BCUT2D eigenvalue weighted by atomic mass is 10.2. The lowest BCUT2D eigenvalue weighted by Gasteiger charge is -2.06. The average Bonchev–Trinajstić information content (AvgIpc) is 2.63. The standard InChI is InChI=1S/C12H12ClN3O2/c1-8-9(2)15(7-14-8)6-10-3-4-11(13)12(5-10)16(17)18/h3-5,7H,6H2,1-2H3. The summed E-state index contributed by atoms with van der Waals surface area (Å²) in [6.45, 7) is 4.44. The molecular weight excluding hydrogens is 254 g/mol. The van der Waals surface area contributed by atoms with E-state index in [9.17, 15) is 10.1 Å². The van der Waals surface area contributed by atoms with E-state index < -0.39 is 4.92 Å². The van der Waals surface area contributed by atoms with Gasteiger partial charge in [-0.1, -0.05) is 17.7 Å². The van der Waals surface area contributed by atoms with Crippen molar-refractivity contribution in [1.29, 1.82) is 0 Å². The fourth-order valence-electron chi connectivity index (χ4n) is 1.70. The normalized spacial score (nSPS) is 10.6. The van der Waals surface area contributed by atoms with Crippen LogP contribution in [0.2, 0.25) is 5.02 Å². The molecule has 0 amide bonds. The van der Waals surface area contributed by atoms with Crippen molar-refractivity contribution in [3.05, 3.63) is 56.6 Å². The van der Waals surface area contributed by atoms with Gasteiger partial charge >= 0.3 is 0 Å². The van der Waals surface area contributed by atoms with E-state index in [0.717, 1.165) is 17.0 Å². The van der Waals surface area contributed by atoms with Gasteiger partial charge in [-0.2, -0.15) is 0 Å². The third-order valence-electron chi connectivity index (χ3n) is 2.91. The highest BCUT2D eigenvalue weighted by molar-refractivity contribution is 6.32. The number of hydrogen-bond donors (Lipinski definition) is 0. The molecular formula is C12H12ClN3O2. The molecule has 0 unspecified atom stereocenters. The Balaban J connectivity index is 2.33. The number of halogens is 1. The van der Waals surface area contributed by atoms with E-state index in [1.165, 1.54) is 6.07 Å². The van der Waals surface area contributed by atoms with Crippen molar-refractivity contribution < 1.29 is 4.92 Å². The molecule has 1 aromatic carbocycles. The maximum Gasteiger partial charge on any atom is 0.288 e. The first kappa shape index (κ1) is 12.6. The molecule has 0 atom stereocenters. The summed E-state index contributed by atoms with van der Waals surface area (Å²) in [4.78, 5) is 14.5. The van der Waals surface area contributed by atoms with Crippen molar-refractivity contribution in [2.24, 2.45) is 0 Å². The average molecular weight is 266 g/mol. The molecule has 0 aliphatic carbocycles. The molecule has 18 heavy (non-hydrogen) atoms. The second kappa shape index (κ2) is 4.78. The largest absolute Gasteiger partial charge is 0.330 e. The second-order valence-electron chi connectivity index (χ2n) is 4.09. The first-order chi connectivity index (χ1) is 8.49. The number of rotatable bonds is 3. The summed E-state index contributed by atoms with van der Waals surface area (Å²) in [5, 5.41) is 11.0. The van der Waals surface area contributed by atoms with Crippen molar-refractivity contribution in [2.45, 2.75) is 20.4 Å². The SMILES string of the molecule is Cc1ncn(Cc2ccc(Cl)c([N+](=O)[O-])c2)c1C. The number of nitro groups is 1. The number of nitrogens with zero attached hydrogens (tertiary/aromatic N) is 3. The Morgan fingerprint density at radius 1 is 1.44 bits per heavy atom. The summed E-state index contributed by atoms with van der Waals surface area (Å²) >= 11 is 5.77. The van der Waals surface area contributed by atoms with Gasteiger partial charge in [0, 0.05) is 18.3 Å². The zero-order chi connectivity index (χ0) is 13.3. The fourth-order valence-corrected chi connectivity index (χ4v) is 1.88. The Bertz CT molecular complexity index is 607. The van der Waals surface area contributed by atoms with Crippen LogP contribution in [0.3, 0.4) is 0 Å². The van der Waals surface area contributed by atoms with Crippen LogP contribution in [0.1, 0.15) is 17.0 Å². The number of aromatic nitrogens is 2. The molecule has 0 bridgehead atoms. The molecule has 0 aliphatic rings. The number of imidazole rings is 1. The van der Waals surface area contributed by atoms with Gasteiger partial charge in [-0.15, -0.1) is 0 Å². The van der Waals surface area contributed by atoms with Gasteiger partial charge in [0.2, 0.25) is 0 Å². The van der Waals surface area contributed by atoms with E-state index in [4.69, 9.17) is 11.6 Å². The molecule has 1 heterocycles. The Kier molecular flexibility index (Phi) is 3.34. The molecule has 0 aliphatic heterocycles. The number of benzene rings is 1. The van der Waals surface area contributed by atoms with Crippen LogP contribution in [-0.2, 0) is 6.54 Å². The molecule has 5 nitrogen and oxygen atoms in total. The molecule has 1 aromatic heterocycles. The second-order valence-corrected chi connectivity index (χ2v) is 4.49. The molecule has 0 saturated heterocycles. The zero-order valence-electron chi connectivity index (χ0n) is 10.1. The molecule has 94 valence electrons. The van der Waals surface area contributed by atoms with Crippen LogP contribution in [0.15, 0.2) is 24.5 Å². The quantitative estimate of drug-likeness (QED) is 0.633. The van der Waals surface area contributed by atoms with Crippen LogP contribution in [0, 0.1) is 24.0 Å². The van der Waals surface area contributed by atoms with Crippen LogP contribution in [0.25, 0.3) is 0 Å². The monoisotopic (exact) mass is 265 g/mol. The van der Waals surface area contributed by atoms with Gasteiger partial charge in [0.05, 0.1) is 16.9 Å². The van der Waals surface area contributed by atoms with Crippen molar-refractivity contribution in [3.63, 3.8) is 0 Å². The highest BCUT2D eigenvalue weighted by Crippen LogP contribution is 2.25. The molecule has 0 saturated carbocycles. The van der Waals surface area contributed by atoms with Crippen LogP contribution in [0.4, 0.5) is 5.69 Å². The number of aryl methyl sites for hydroxylation is 1. The van der Waals surface area contributed by atoms with E-state index in [0.29, 0.717) is 6.54 Å². The van der Waals surface area contributed by atoms with Gasteiger partial charge in [0.15, 0.2) is 0 Å². The Hall–Kier alpha value is -1.88. The lowest BCUT2D eigenvalue weighted by Crippen LogP contribution is -2.01. The van der Waals surface area contributed by atoms with Gasteiger partial charge in [-0.25, -0.2) is 4.98 Å². The number of nitro benzene ring substituents is 1. The minimum atomic E-state index is -0.474. The van der Waals surface area contributed by atoms with Crippen molar-refractivity contribution >= 4 is 17.3 Å². The Labute approximate surface area is 109 Å². The van der Waals surface area contributed by atoms with Crippen LogP contribution < -0.4 is 0 Å². The van der Waals surface area contributed by atoms with Gasteiger partial charge in [-0.3, -0.25) is 10.1 Å². The van der Waals surface area contributed by atoms with E-state index in [2.05, 4.69) is 4.98 Å². The highest BCUT2D eigenvalue weighted by Gasteiger charge is 2.13. The number of hydrogen-bond acceptors (Lipinski definition) is 3. The summed E-state index contributed by atoms with van der Waals surface area (Å²) in [5.41, 5.74) is 2.77. The molecule has 0 N–H and O–H groups in total. The van der Waals surface area contributed by atoms with E-state index >= 15 is 0 Å². The minimum Gasteiger partial charge on any atom is -0.330 e. The summed E-state index contributed by atoms with van der Waals surface area (Å²) in [7, 11) is 0. The van der Waals surface area contributed by atoms with Crippen molar-refractivity contribution in [3.8, 4) is 0 Å². The van der Waals surface area contributed by atoms with Gasteiger partial charge in [-0.05, 0) is 25.5 Å². The lowest BCUT2D eigenvalue weighted by molar-refractivity contribution is -0.384. The first-order valence-electron chi connectivity index (χ1n) is 5.40. The van der Waals surface area contributed by atoms with Gasteiger partial charge in [0.1, 0.15) is 5.02 Å². The molecule has 0 fully saturated rings. The van der Waals surface area contributed by atoms with E-state index in [1.54, 1.807) is 18.5 Å². The summed E-state index contributed by atoms with van der Waals surface area (Å²) in [6.07, 6.45) is 1.73.